The van der Waals surface area contributed by atoms with Crippen LogP contribution in [0.25, 0.3) is 0 Å². The second-order valence-corrected chi connectivity index (χ2v) is 5.77. The standard InChI is InChI=1S/C11H15N3O2S/c1-5-12-11(17-14-5)13-9-7-3-2-6(4-7)8(9)10(15)16/h6-9H,2-4H2,1H3,(H,15,16)(H,12,13,14). The summed E-state index contributed by atoms with van der Waals surface area (Å²) in [6.45, 7) is 1.84. The highest BCUT2D eigenvalue weighted by Gasteiger charge is 2.51. The van der Waals surface area contributed by atoms with Gasteiger partial charge in [-0.05, 0) is 38.0 Å². The lowest BCUT2D eigenvalue weighted by molar-refractivity contribution is -0.143. The molecule has 1 aromatic rings. The number of rotatable bonds is 3. The van der Waals surface area contributed by atoms with Crippen molar-refractivity contribution >= 4 is 22.6 Å². The Morgan fingerprint density at radius 3 is 2.88 bits per heavy atom. The van der Waals surface area contributed by atoms with Gasteiger partial charge < -0.3 is 10.4 Å². The van der Waals surface area contributed by atoms with Crippen LogP contribution in [0.3, 0.4) is 0 Å². The Labute approximate surface area is 103 Å². The number of carboxylic acid groups (broad SMARTS) is 1. The molecule has 3 rings (SSSR count). The van der Waals surface area contributed by atoms with Crippen LogP contribution in [0.1, 0.15) is 25.1 Å². The first kappa shape index (κ1) is 11.0. The second-order valence-electron chi connectivity index (χ2n) is 5.01. The van der Waals surface area contributed by atoms with E-state index in [0.29, 0.717) is 11.8 Å². The monoisotopic (exact) mass is 253 g/mol. The maximum atomic E-state index is 11.3. The zero-order chi connectivity index (χ0) is 12.0. The van der Waals surface area contributed by atoms with E-state index in [0.717, 1.165) is 30.2 Å². The van der Waals surface area contributed by atoms with Crippen LogP contribution >= 0.6 is 11.5 Å². The summed E-state index contributed by atoms with van der Waals surface area (Å²) in [5, 5.41) is 13.4. The Hall–Kier alpha value is -1.17. The molecule has 2 fully saturated rings. The minimum absolute atomic E-state index is 0.0404. The van der Waals surface area contributed by atoms with E-state index in [1.165, 1.54) is 11.5 Å². The van der Waals surface area contributed by atoms with E-state index in [1.807, 2.05) is 6.92 Å². The van der Waals surface area contributed by atoms with E-state index >= 15 is 0 Å². The highest BCUT2D eigenvalue weighted by Crippen LogP contribution is 2.49. The van der Waals surface area contributed by atoms with Crippen molar-refractivity contribution in [3.8, 4) is 0 Å². The number of nitrogens with zero attached hydrogens (tertiary/aromatic N) is 2. The molecule has 1 aromatic heterocycles. The zero-order valence-electron chi connectivity index (χ0n) is 9.59. The first-order chi connectivity index (χ1) is 8.15. The Balaban J connectivity index is 1.79. The van der Waals surface area contributed by atoms with Crippen molar-refractivity contribution in [1.29, 1.82) is 0 Å². The van der Waals surface area contributed by atoms with Crippen LogP contribution in [0.5, 0.6) is 0 Å². The van der Waals surface area contributed by atoms with Crippen molar-refractivity contribution < 1.29 is 9.90 Å². The molecule has 0 saturated heterocycles. The summed E-state index contributed by atoms with van der Waals surface area (Å²) >= 11 is 1.31. The Morgan fingerprint density at radius 2 is 2.24 bits per heavy atom. The molecule has 0 aromatic carbocycles. The maximum absolute atomic E-state index is 11.3. The predicted molar refractivity (Wildman–Crippen MR) is 64.0 cm³/mol. The largest absolute Gasteiger partial charge is 0.481 e. The topological polar surface area (TPSA) is 75.1 Å². The quantitative estimate of drug-likeness (QED) is 0.858. The third kappa shape index (κ3) is 1.80. The number of carboxylic acids is 1. The maximum Gasteiger partial charge on any atom is 0.308 e. The molecular formula is C11H15N3O2S. The molecule has 92 valence electrons. The van der Waals surface area contributed by atoms with E-state index in [4.69, 9.17) is 0 Å². The Bertz CT molecular complexity index is 448. The number of carbonyl (C=O) groups is 1. The van der Waals surface area contributed by atoms with Gasteiger partial charge in [0.2, 0.25) is 5.13 Å². The van der Waals surface area contributed by atoms with Gasteiger partial charge in [0.05, 0.1) is 5.92 Å². The number of hydrogen-bond donors (Lipinski definition) is 2. The average Bonchev–Trinajstić information content (AvgIpc) is 2.93. The molecule has 2 N–H and O–H groups in total. The molecule has 5 nitrogen and oxygen atoms in total. The number of anilines is 1. The molecule has 4 unspecified atom stereocenters. The third-order valence-corrected chi connectivity index (χ3v) is 4.76. The number of fused-ring (bicyclic) bond motifs is 2. The van der Waals surface area contributed by atoms with E-state index in [1.54, 1.807) is 0 Å². The van der Waals surface area contributed by atoms with Crippen molar-refractivity contribution in [2.24, 2.45) is 17.8 Å². The average molecular weight is 253 g/mol. The summed E-state index contributed by atoms with van der Waals surface area (Å²) in [4.78, 5) is 15.6. The summed E-state index contributed by atoms with van der Waals surface area (Å²) < 4.78 is 4.11. The van der Waals surface area contributed by atoms with E-state index in [2.05, 4.69) is 14.7 Å². The minimum atomic E-state index is -0.670. The van der Waals surface area contributed by atoms with Crippen LogP contribution in [0.2, 0.25) is 0 Å². The van der Waals surface area contributed by atoms with Gasteiger partial charge in [0.15, 0.2) is 0 Å². The van der Waals surface area contributed by atoms with Gasteiger partial charge in [0.1, 0.15) is 5.82 Å². The third-order valence-electron chi connectivity index (χ3n) is 4.02. The van der Waals surface area contributed by atoms with E-state index in [9.17, 15) is 9.90 Å². The van der Waals surface area contributed by atoms with Crippen molar-refractivity contribution in [2.75, 3.05) is 5.32 Å². The molecule has 0 aliphatic heterocycles. The van der Waals surface area contributed by atoms with Gasteiger partial charge in [-0.1, -0.05) is 0 Å². The fourth-order valence-corrected chi connectivity index (χ4v) is 3.97. The fraction of sp³-hybridized carbons (Fsp3) is 0.727. The van der Waals surface area contributed by atoms with Crippen LogP contribution in [0.4, 0.5) is 5.13 Å². The molecule has 0 spiro atoms. The van der Waals surface area contributed by atoms with E-state index in [-0.39, 0.29) is 12.0 Å². The number of nitrogens with one attached hydrogen (secondary N) is 1. The lowest BCUT2D eigenvalue weighted by atomic mass is 9.84. The van der Waals surface area contributed by atoms with Crippen molar-refractivity contribution in [3.63, 3.8) is 0 Å². The van der Waals surface area contributed by atoms with Crippen LogP contribution in [0.15, 0.2) is 0 Å². The van der Waals surface area contributed by atoms with Gasteiger partial charge in [-0.3, -0.25) is 4.79 Å². The Morgan fingerprint density at radius 1 is 1.47 bits per heavy atom. The molecular weight excluding hydrogens is 238 g/mol. The van der Waals surface area contributed by atoms with Crippen LogP contribution in [-0.4, -0.2) is 26.5 Å². The molecule has 4 atom stereocenters. The van der Waals surface area contributed by atoms with Crippen LogP contribution < -0.4 is 5.32 Å². The normalized spacial score (nSPS) is 35.1. The molecule has 2 aliphatic carbocycles. The molecule has 0 radical (unpaired) electrons. The molecule has 1 heterocycles. The molecule has 2 bridgehead atoms. The van der Waals surface area contributed by atoms with Gasteiger partial charge in [-0.15, -0.1) is 0 Å². The Kier molecular flexibility index (Phi) is 2.54. The minimum Gasteiger partial charge on any atom is -0.481 e. The molecule has 6 heteroatoms. The SMILES string of the molecule is Cc1nsc(NC2C3CCC(C3)C2C(=O)O)n1. The summed E-state index contributed by atoms with van der Waals surface area (Å²) in [7, 11) is 0. The first-order valence-electron chi connectivity index (χ1n) is 5.95. The van der Waals surface area contributed by atoms with Crippen molar-refractivity contribution in [1.82, 2.24) is 9.36 Å². The summed E-state index contributed by atoms with van der Waals surface area (Å²) in [6, 6.07) is 0.0404. The van der Waals surface area contributed by atoms with Crippen LogP contribution in [-0.2, 0) is 4.79 Å². The van der Waals surface area contributed by atoms with Gasteiger partial charge in [0.25, 0.3) is 0 Å². The predicted octanol–water partition coefficient (Wildman–Crippen LogP) is 1.76. The summed E-state index contributed by atoms with van der Waals surface area (Å²) in [5.41, 5.74) is 0. The molecule has 0 amide bonds. The highest BCUT2D eigenvalue weighted by atomic mass is 32.1. The summed E-state index contributed by atoms with van der Waals surface area (Å²) in [5.74, 6) is 0.663. The number of aliphatic carboxylic acids is 1. The lowest BCUT2D eigenvalue weighted by Crippen LogP contribution is -2.39. The van der Waals surface area contributed by atoms with E-state index < -0.39 is 5.97 Å². The molecule has 2 saturated carbocycles. The van der Waals surface area contributed by atoms with Crippen molar-refractivity contribution in [2.45, 2.75) is 32.2 Å². The number of hydrogen-bond acceptors (Lipinski definition) is 5. The van der Waals surface area contributed by atoms with Gasteiger partial charge in [-0.25, -0.2) is 4.98 Å². The van der Waals surface area contributed by atoms with Gasteiger partial charge in [0, 0.05) is 17.6 Å². The summed E-state index contributed by atoms with van der Waals surface area (Å²) in [6.07, 6.45) is 3.26. The van der Waals surface area contributed by atoms with Crippen LogP contribution in [0, 0.1) is 24.7 Å². The fourth-order valence-electron chi connectivity index (χ4n) is 3.35. The van der Waals surface area contributed by atoms with Crippen molar-refractivity contribution in [3.05, 3.63) is 5.82 Å². The highest BCUT2D eigenvalue weighted by molar-refractivity contribution is 7.09. The number of aromatic nitrogens is 2. The molecule has 17 heavy (non-hydrogen) atoms. The second kappa shape index (κ2) is 3.94. The van der Waals surface area contributed by atoms with Gasteiger partial charge >= 0.3 is 5.97 Å². The lowest BCUT2D eigenvalue weighted by Gasteiger charge is -2.28. The number of aryl methyl sites for hydroxylation is 1. The molecule has 2 aliphatic rings. The smallest absolute Gasteiger partial charge is 0.308 e. The van der Waals surface area contributed by atoms with Gasteiger partial charge in [-0.2, -0.15) is 4.37 Å². The zero-order valence-corrected chi connectivity index (χ0v) is 10.4. The first-order valence-corrected chi connectivity index (χ1v) is 6.72.